The van der Waals surface area contributed by atoms with Gasteiger partial charge in [0.1, 0.15) is 6.04 Å². The van der Waals surface area contributed by atoms with Gasteiger partial charge in [-0.15, -0.1) is 11.3 Å². The average Bonchev–Trinajstić information content (AvgIpc) is 3.00. The topological polar surface area (TPSA) is 64.0 Å². The molecule has 1 aromatic carbocycles. The van der Waals surface area contributed by atoms with Crippen LogP contribution in [0.15, 0.2) is 29.1 Å². The first kappa shape index (κ1) is 17.6. The van der Waals surface area contributed by atoms with Gasteiger partial charge < -0.3 is 5.32 Å². The fraction of sp³-hybridized carbons (Fsp3) is 0.421. The molecule has 3 rings (SSSR count). The quantitative estimate of drug-likeness (QED) is 0.756. The highest BCUT2D eigenvalue weighted by atomic mass is 32.1. The van der Waals surface area contributed by atoms with Crippen molar-refractivity contribution in [3.63, 3.8) is 0 Å². The Labute approximate surface area is 150 Å². The van der Waals surface area contributed by atoms with Crippen molar-refractivity contribution in [3.05, 3.63) is 40.3 Å². The Morgan fingerprint density at radius 2 is 2.00 bits per heavy atom. The number of amides is 1. The SMILES string of the molecule is CC[C@H](C(=O)N[C@@H](C)CC)n1nc(C)c2sc3ccccc3c2c1=O. The van der Waals surface area contributed by atoms with E-state index in [9.17, 15) is 9.59 Å². The summed E-state index contributed by atoms with van der Waals surface area (Å²) in [6.07, 6.45) is 1.36. The molecule has 0 aliphatic carbocycles. The molecule has 6 heteroatoms. The van der Waals surface area contributed by atoms with E-state index in [2.05, 4.69) is 10.4 Å². The molecule has 0 aliphatic rings. The van der Waals surface area contributed by atoms with Gasteiger partial charge in [0.15, 0.2) is 0 Å². The zero-order valence-electron chi connectivity index (χ0n) is 15.0. The minimum Gasteiger partial charge on any atom is -0.352 e. The van der Waals surface area contributed by atoms with E-state index in [-0.39, 0.29) is 17.5 Å². The smallest absolute Gasteiger partial charge is 0.276 e. The summed E-state index contributed by atoms with van der Waals surface area (Å²) < 4.78 is 3.34. The number of nitrogens with zero attached hydrogens (tertiary/aromatic N) is 2. The number of thiophene rings is 1. The van der Waals surface area contributed by atoms with Gasteiger partial charge in [-0.1, -0.05) is 32.0 Å². The van der Waals surface area contributed by atoms with Crippen LogP contribution in [0, 0.1) is 6.92 Å². The van der Waals surface area contributed by atoms with Crippen molar-refractivity contribution in [1.82, 2.24) is 15.1 Å². The lowest BCUT2D eigenvalue weighted by Crippen LogP contribution is -2.41. The molecule has 0 radical (unpaired) electrons. The highest BCUT2D eigenvalue weighted by Gasteiger charge is 2.24. The number of hydrogen-bond donors (Lipinski definition) is 1. The van der Waals surface area contributed by atoms with Gasteiger partial charge in [-0.2, -0.15) is 5.10 Å². The Balaban J connectivity index is 2.19. The standard InChI is InChI=1S/C19H23N3O2S/c1-5-11(3)20-18(23)14(6-2)22-19(24)16-13-9-7-8-10-15(13)25-17(16)12(4)21-22/h7-11,14H,5-6H2,1-4H3,(H,20,23)/t11-,14+/m0/s1. The minimum absolute atomic E-state index is 0.0732. The number of hydrogen-bond acceptors (Lipinski definition) is 4. The Morgan fingerprint density at radius 3 is 2.68 bits per heavy atom. The van der Waals surface area contributed by atoms with Crippen LogP contribution in [0.3, 0.4) is 0 Å². The molecular weight excluding hydrogens is 334 g/mol. The Hall–Kier alpha value is -2.21. The highest BCUT2D eigenvalue weighted by molar-refractivity contribution is 7.26. The van der Waals surface area contributed by atoms with Crippen molar-refractivity contribution in [2.24, 2.45) is 0 Å². The summed E-state index contributed by atoms with van der Waals surface area (Å²) in [5, 5.41) is 9.05. The number of rotatable bonds is 5. The zero-order valence-corrected chi connectivity index (χ0v) is 15.8. The maximum atomic E-state index is 13.1. The van der Waals surface area contributed by atoms with E-state index in [4.69, 9.17) is 0 Å². The van der Waals surface area contributed by atoms with Crippen LogP contribution in [0.5, 0.6) is 0 Å². The van der Waals surface area contributed by atoms with Gasteiger partial charge in [0.05, 0.1) is 15.8 Å². The van der Waals surface area contributed by atoms with E-state index in [1.54, 1.807) is 11.3 Å². The average molecular weight is 357 g/mol. The van der Waals surface area contributed by atoms with Gasteiger partial charge in [0.25, 0.3) is 5.56 Å². The minimum atomic E-state index is -0.594. The molecule has 0 saturated carbocycles. The fourth-order valence-electron chi connectivity index (χ4n) is 3.00. The lowest BCUT2D eigenvalue weighted by Gasteiger charge is -2.20. The summed E-state index contributed by atoms with van der Waals surface area (Å²) in [6, 6.07) is 7.34. The Kier molecular flexibility index (Phi) is 4.90. The second kappa shape index (κ2) is 6.96. The molecule has 132 valence electrons. The van der Waals surface area contributed by atoms with Crippen LogP contribution in [0.2, 0.25) is 0 Å². The number of fused-ring (bicyclic) bond motifs is 3. The lowest BCUT2D eigenvalue weighted by atomic mass is 10.1. The van der Waals surface area contributed by atoms with Gasteiger partial charge in [-0.3, -0.25) is 9.59 Å². The number of nitrogens with one attached hydrogen (secondary N) is 1. The van der Waals surface area contributed by atoms with E-state index in [0.717, 1.165) is 26.9 Å². The first-order valence-corrected chi connectivity index (χ1v) is 9.50. The molecule has 0 spiro atoms. The van der Waals surface area contributed by atoms with Crippen LogP contribution in [-0.4, -0.2) is 21.7 Å². The Bertz CT molecular complexity index is 989. The van der Waals surface area contributed by atoms with Crippen molar-refractivity contribution in [2.75, 3.05) is 0 Å². The summed E-state index contributed by atoms with van der Waals surface area (Å²) in [5.74, 6) is -0.148. The maximum Gasteiger partial charge on any atom is 0.276 e. The molecule has 25 heavy (non-hydrogen) atoms. The van der Waals surface area contributed by atoms with Crippen LogP contribution in [0.4, 0.5) is 0 Å². The summed E-state index contributed by atoms with van der Waals surface area (Å²) in [5.41, 5.74) is 0.592. The highest BCUT2D eigenvalue weighted by Crippen LogP contribution is 2.33. The third kappa shape index (κ3) is 3.06. The number of benzene rings is 1. The zero-order chi connectivity index (χ0) is 18.1. The molecule has 0 aliphatic heterocycles. The van der Waals surface area contributed by atoms with Crippen molar-refractivity contribution in [1.29, 1.82) is 0 Å². The third-order valence-corrected chi connectivity index (χ3v) is 5.87. The summed E-state index contributed by atoms with van der Waals surface area (Å²) in [6.45, 7) is 7.78. The molecule has 2 heterocycles. The van der Waals surface area contributed by atoms with Crippen molar-refractivity contribution < 1.29 is 4.79 Å². The second-order valence-electron chi connectivity index (χ2n) is 6.38. The molecule has 2 aromatic heterocycles. The number of aromatic nitrogens is 2. The maximum absolute atomic E-state index is 13.1. The monoisotopic (exact) mass is 357 g/mol. The summed E-state index contributed by atoms with van der Waals surface area (Å²) in [4.78, 5) is 25.8. The molecule has 0 fully saturated rings. The second-order valence-corrected chi connectivity index (χ2v) is 7.43. The first-order valence-electron chi connectivity index (χ1n) is 8.68. The lowest BCUT2D eigenvalue weighted by molar-refractivity contribution is -0.125. The predicted octanol–water partition coefficient (Wildman–Crippen LogP) is 3.79. The van der Waals surface area contributed by atoms with Gasteiger partial charge in [-0.05, 0) is 32.8 Å². The molecule has 1 amide bonds. The van der Waals surface area contributed by atoms with E-state index in [1.165, 1.54) is 4.68 Å². The van der Waals surface area contributed by atoms with Crippen LogP contribution in [0.25, 0.3) is 20.2 Å². The summed E-state index contributed by atoms with van der Waals surface area (Å²) >= 11 is 1.58. The fourth-order valence-corrected chi connectivity index (χ4v) is 4.14. The molecule has 0 unspecified atom stereocenters. The molecule has 2 atom stereocenters. The number of carbonyl (C=O) groups is 1. The molecule has 3 aromatic rings. The van der Waals surface area contributed by atoms with Crippen LogP contribution in [-0.2, 0) is 4.79 Å². The number of aryl methyl sites for hydroxylation is 1. The van der Waals surface area contributed by atoms with Crippen LogP contribution in [0.1, 0.15) is 45.3 Å². The van der Waals surface area contributed by atoms with Gasteiger partial charge in [0, 0.05) is 16.1 Å². The van der Waals surface area contributed by atoms with Gasteiger partial charge in [-0.25, -0.2) is 4.68 Å². The van der Waals surface area contributed by atoms with Crippen molar-refractivity contribution >= 4 is 37.4 Å². The summed E-state index contributed by atoms with van der Waals surface area (Å²) in [7, 11) is 0. The van der Waals surface area contributed by atoms with Crippen molar-refractivity contribution in [2.45, 2.75) is 52.6 Å². The number of carbonyl (C=O) groups excluding carboxylic acids is 1. The van der Waals surface area contributed by atoms with Crippen molar-refractivity contribution in [3.8, 4) is 0 Å². The Morgan fingerprint density at radius 1 is 1.28 bits per heavy atom. The van der Waals surface area contributed by atoms with E-state index in [0.29, 0.717) is 11.8 Å². The molecule has 0 bridgehead atoms. The van der Waals surface area contributed by atoms with E-state index in [1.807, 2.05) is 52.0 Å². The van der Waals surface area contributed by atoms with E-state index < -0.39 is 6.04 Å². The van der Waals surface area contributed by atoms with E-state index >= 15 is 0 Å². The van der Waals surface area contributed by atoms with Gasteiger partial charge in [0.2, 0.25) is 5.91 Å². The molecule has 5 nitrogen and oxygen atoms in total. The third-order valence-electron chi connectivity index (χ3n) is 4.59. The van der Waals surface area contributed by atoms with Crippen LogP contribution >= 0.6 is 11.3 Å². The van der Waals surface area contributed by atoms with Crippen LogP contribution < -0.4 is 10.9 Å². The predicted molar refractivity (Wildman–Crippen MR) is 103 cm³/mol. The molecular formula is C19H23N3O2S. The van der Waals surface area contributed by atoms with Gasteiger partial charge >= 0.3 is 0 Å². The first-order chi connectivity index (χ1) is 12.0. The molecule has 1 N–H and O–H groups in total. The largest absolute Gasteiger partial charge is 0.352 e. The molecule has 0 saturated heterocycles. The normalized spacial score (nSPS) is 13.9.